The molecule has 0 spiro atoms. The lowest BCUT2D eigenvalue weighted by Crippen LogP contribution is -2.35. The molecule has 1 aliphatic heterocycles. The molecule has 2 unspecified atom stereocenters. The Morgan fingerprint density at radius 3 is 2.41 bits per heavy atom. The molecular weight excluding hydrogens is 473 g/mol. The van der Waals surface area contributed by atoms with Crippen LogP contribution in [0.25, 0.3) is 5.57 Å². The summed E-state index contributed by atoms with van der Waals surface area (Å²) < 4.78 is 1.51. The van der Waals surface area contributed by atoms with Gasteiger partial charge in [-0.15, -0.1) is 5.10 Å². The van der Waals surface area contributed by atoms with Crippen LogP contribution in [0, 0.1) is 0 Å². The maximum Gasteiger partial charge on any atom is 0.175 e. The minimum Gasteiger partial charge on any atom is -0.373 e. The molecule has 2 atom stereocenters. The maximum atomic E-state index is 12.2. The van der Waals surface area contributed by atoms with Crippen molar-refractivity contribution in [3.63, 3.8) is 0 Å². The average molecular weight is 494 g/mol. The van der Waals surface area contributed by atoms with Crippen molar-refractivity contribution in [3.8, 4) is 0 Å². The summed E-state index contributed by atoms with van der Waals surface area (Å²) in [5, 5.41) is 32.0. The van der Waals surface area contributed by atoms with Gasteiger partial charge in [0.1, 0.15) is 11.9 Å². The van der Waals surface area contributed by atoms with Crippen LogP contribution in [-0.2, 0) is 12.6 Å². The zero-order valence-corrected chi connectivity index (χ0v) is 19.9. The van der Waals surface area contributed by atoms with Gasteiger partial charge in [-0.05, 0) is 53.1 Å². The first-order valence-corrected chi connectivity index (χ1v) is 11.3. The summed E-state index contributed by atoms with van der Waals surface area (Å²) in [5.74, 6) is 0. The summed E-state index contributed by atoms with van der Waals surface area (Å²) in [6, 6.07) is 16.2. The molecule has 2 aromatic carbocycles. The summed E-state index contributed by atoms with van der Waals surface area (Å²) in [6.45, 7) is 0. The van der Waals surface area contributed by atoms with Gasteiger partial charge in [-0.2, -0.15) is 0 Å². The number of hydrogen-bond donors (Lipinski definition) is 2. The van der Waals surface area contributed by atoms with E-state index in [4.69, 9.17) is 23.2 Å². The maximum absolute atomic E-state index is 12.2. The molecular formula is C25H21Cl2N5O2. The second-order valence-electron chi connectivity index (χ2n) is 8.16. The molecule has 4 aromatic rings. The Bertz CT molecular complexity index is 1400. The molecule has 34 heavy (non-hydrogen) atoms. The van der Waals surface area contributed by atoms with Crippen molar-refractivity contribution in [1.82, 2.24) is 20.0 Å². The zero-order valence-electron chi connectivity index (χ0n) is 18.4. The van der Waals surface area contributed by atoms with Crippen LogP contribution < -0.4 is 4.90 Å². The lowest BCUT2D eigenvalue weighted by atomic mass is 9.84. The van der Waals surface area contributed by atoms with E-state index < -0.39 is 11.8 Å². The average Bonchev–Trinajstić information content (AvgIpc) is 3.27. The molecule has 0 saturated heterocycles. The SMILES string of the molecule is CN1c2cnc(C(O)(c3ccc(Cl)cc3)c3cnnn3C)cc2C(c2cccc(Cl)c2)=CC1O. The Hall–Kier alpha value is -3.23. The number of aliphatic hydroxyl groups is 2. The van der Waals surface area contributed by atoms with Crippen LogP contribution in [0.4, 0.5) is 5.69 Å². The first-order valence-electron chi connectivity index (χ1n) is 10.5. The molecule has 172 valence electrons. The Balaban J connectivity index is 1.75. The van der Waals surface area contributed by atoms with Crippen molar-refractivity contribution < 1.29 is 10.2 Å². The van der Waals surface area contributed by atoms with Gasteiger partial charge in [-0.3, -0.25) is 4.98 Å². The molecule has 0 fully saturated rings. The number of aromatic nitrogens is 4. The molecule has 5 rings (SSSR count). The standard InChI is InChI=1S/C25H21Cl2N5O2/c1-31-21-13-28-22(11-20(21)19(12-24(31)33)15-4-3-5-18(27)10-15)25(34,23-14-29-30-32(23)2)16-6-8-17(26)9-7-16/h3-14,24,33-34H,1-2H3. The molecule has 0 amide bonds. The van der Waals surface area contributed by atoms with Crippen molar-refractivity contribution >= 4 is 34.5 Å². The van der Waals surface area contributed by atoms with Crippen molar-refractivity contribution in [3.05, 3.63) is 111 Å². The summed E-state index contributed by atoms with van der Waals surface area (Å²) in [4.78, 5) is 6.35. The highest BCUT2D eigenvalue weighted by Crippen LogP contribution is 2.41. The fourth-order valence-electron chi connectivity index (χ4n) is 4.28. The van der Waals surface area contributed by atoms with Crippen molar-refractivity contribution in [2.45, 2.75) is 11.8 Å². The number of benzene rings is 2. The van der Waals surface area contributed by atoms with E-state index in [1.165, 1.54) is 10.9 Å². The first-order chi connectivity index (χ1) is 16.3. The number of likely N-dealkylation sites (N-methyl/N-ethyl adjacent to an activating group) is 1. The summed E-state index contributed by atoms with van der Waals surface area (Å²) in [6.07, 6.45) is 4.07. The number of hydrogen-bond acceptors (Lipinski definition) is 6. The third kappa shape index (κ3) is 3.67. The van der Waals surface area contributed by atoms with Crippen LogP contribution >= 0.6 is 23.2 Å². The van der Waals surface area contributed by atoms with Gasteiger partial charge < -0.3 is 15.1 Å². The van der Waals surface area contributed by atoms with E-state index in [0.717, 1.165) is 22.4 Å². The molecule has 1 aliphatic rings. The summed E-state index contributed by atoms with van der Waals surface area (Å²) >= 11 is 12.4. The molecule has 0 bridgehead atoms. The summed E-state index contributed by atoms with van der Waals surface area (Å²) in [7, 11) is 3.50. The quantitative estimate of drug-likeness (QED) is 0.446. The minimum absolute atomic E-state index is 0.372. The van der Waals surface area contributed by atoms with Gasteiger partial charge in [0, 0.05) is 29.7 Å². The van der Waals surface area contributed by atoms with Crippen LogP contribution in [-0.4, -0.2) is 43.5 Å². The number of rotatable bonds is 4. The van der Waals surface area contributed by atoms with Gasteiger partial charge >= 0.3 is 0 Å². The molecule has 0 aliphatic carbocycles. The Morgan fingerprint density at radius 2 is 1.74 bits per heavy atom. The van der Waals surface area contributed by atoms with Crippen molar-refractivity contribution in [2.75, 3.05) is 11.9 Å². The Kier molecular flexibility index (Phi) is 5.65. The van der Waals surface area contributed by atoms with E-state index in [9.17, 15) is 10.2 Å². The largest absolute Gasteiger partial charge is 0.373 e. The zero-order chi connectivity index (χ0) is 24.0. The van der Waals surface area contributed by atoms with E-state index in [-0.39, 0.29) is 0 Å². The lowest BCUT2D eigenvalue weighted by molar-refractivity contribution is 0.111. The van der Waals surface area contributed by atoms with E-state index in [2.05, 4.69) is 15.3 Å². The van der Waals surface area contributed by atoms with E-state index >= 15 is 0 Å². The summed E-state index contributed by atoms with van der Waals surface area (Å²) in [5.41, 5.74) is 2.86. The number of pyridine rings is 1. The Morgan fingerprint density at radius 1 is 0.971 bits per heavy atom. The van der Waals surface area contributed by atoms with Crippen LogP contribution in [0.3, 0.4) is 0 Å². The highest BCUT2D eigenvalue weighted by atomic mass is 35.5. The van der Waals surface area contributed by atoms with Crippen molar-refractivity contribution in [1.29, 1.82) is 0 Å². The monoisotopic (exact) mass is 493 g/mol. The number of aryl methyl sites for hydroxylation is 1. The number of nitrogens with zero attached hydrogens (tertiary/aromatic N) is 5. The number of anilines is 1. The van der Waals surface area contributed by atoms with Gasteiger partial charge in [-0.1, -0.05) is 52.7 Å². The number of halogens is 2. The molecule has 0 radical (unpaired) electrons. The van der Waals surface area contributed by atoms with Gasteiger partial charge in [0.2, 0.25) is 0 Å². The van der Waals surface area contributed by atoms with Gasteiger partial charge in [0.05, 0.1) is 23.8 Å². The predicted octanol–water partition coefficient (Wildman–Crippen LogP) is 4.00. The van der Waals surface area contributed by atoms with E-state index in [1.54, 1.807) is 61.6 Å². The molecule has 2 N–H and O–H groups in total. The van der Waals surface area contributed by atoms with E-state index in [0.29, 0.717) is 27.0 Å². The second-order valence-corrected chi connectivity index (χ2v) is 9.03. The molecule has 9 heteroatoms. The predicted molar refractivity (Wildman–Crippen MR) is 132 cm³/mol. The lowest BCUT2D eigenvalue weighted by Gasteiger charge is -2.34. The smallest absolute Gasteiger partial charge is 0.175 e. The fourth-order valence-corrected chi connectivity index (χ4v) is 4.60. The number of fused-ring (bicyclic) bond motifs is 1. The van der Waals surface area contributed by atoms with Crippen LogP contribution in [0.2, 0.25) is 10.0 Å². The minimum atomic E-state index is -1.66. The second kappa shape index (κ2) is 8.52. The third-order valence-electron chi connectivity index (χ3n) is 6.12. The van der Waals surface area contributed by atoms with E-state index in [1.807, 2.05) is 24.3 Å². The highest BCUT2D eigenvalue weighted by molar-refractivity contribution is 6.31. The molecule has 3 heterocycles. The first kappa shape index (κ1) is 22.6. The van der Waals surface area contributed by atoms with Crippen molar-refractivity contribution in [2.24, 2.45) is 7.05 Å². The topological polar surface area (TPSA) is 87.3 Å². The molecule has 7 nitrogen and oxygen atoms in total. The number of aliphatic hydroxyl groups excluding tert-OH is 1. The normalized spacial score (nSPS) is 17.2. The molecule has 2 aromatic heterocycles. The van der Waals surface area contributed by atoms with Crippen LogP contribution in [0.1, 0.15) is 28.1 Å². The van der Waals surface area contributed by atoms with Crippen LogP contribution in [0.15, 0.2) is 73.1 Å². The molecule has 0 saturated carbocycles. The highest BCUT2D eigenvalue weighted by Gasteiger charge is 2.40. The third-order valence-corrected chi connectivity index (χ3v) is 6.61. The van der Waals surface area contributed by atoms with Gasteiger partial charge in [0.15, 0.2) is 5.60 Å². The fraction of sp³-hybridized carbons (Fsp3) is 0.160. The van der Waals surface area contributed by atoms with Gasteiger partial charge in [0.25, 0.3) is 0 Å². The van der Waals surface area contributed by atoms with Crippen LogP contribution in [0.5, 0.6) is 0 Å². The Labute approximate surface area is 206 Å². The van der Waals surface area contributed by atoms with Gasteiger partial charge in [-0.25, -0.2) is 4.68 Å².